The fourth-order valence-electron chi connectivity index (χ4n) is 4.16. The van der Waals surface area contributed by atoms with Crippen LogP contribution in [0.1, 0.15) is 96.2 Å². The van der Waals surface area contributed by atoms with E-state index in [-0.39, 0.29) is 17.9 Å². The fourth-order valence-corrected chi connectivity index (χ4v) is 4.16. The SMILES string of the molecule is CCCNC(=O)c1cc(C(=O)Nc2ccc(NC(=O)c3cc(C(=O)NC)c(C(=O)O)cc3C(=O)O)cc2)c(C(=O)O)cc1C(=O)O. The van der Waals surface area contributed by atoms with Crippen LogP contribution in [0.25, 0.3) is 0 Å². The molecule has 46 heavy (non-hydrogen) atoms. The van der Waals surface area contributed by atoms with Crippen molar-refractivity contribution in [2.75, 3.05) is 24.2 Å². The van der Waals surface area contributed by atoms with Crippen molar-refractivity contribution < 1.29 is 58.8 Å². The Morgan fingerprint density at radius 1 is 0.500 bits per heavy atom. The third-order valence-corrected chi connectivity index (χ3v) is 6.38. The highest BCUT2D eigenvalue weighted by atomic mass is 16.4. The number of carbonyl (C=O) groups is 8. The smallest absolute Gasteiger partial charge is 0.336 e. The summed E-state index contributed by atoms with van der Waals surface area (Å²) in [7, 11) is 1.22. The number of carbonyl (C=O) groups excluding carboxylic acids is 4. The molecule has 0 saturated heterocycles. The predicted molar refractivity (Wildman–Crippen MR) is 159 cm³/mol. The second kappa shape index (κ2) is 14.3. The second-order valence-corrected chi connectivity index (χ2v) is 9.43. The average Bonchev–Trinajstić information content (AvgIpc) is 3.02. The van der Waals surface area contributed by atoms with Crippen molar-refractivity contribution in [1.82, 2.24) is 10.6 Å². The molecule has 0 aliphatic heterocycles. The molecule has 0 bridgehead atoms. The molecule has 0 unspecified atom stereocenters. The largest absolute Gasteiger partial charge is 0.478 e. The molecule has 0 radical (unpaired) electrons. The van der Waals surface area contributed by atoms with Gasteiger partial charge in [0.15, 0.2) is 0 Å². The van der Waals surface area contributed by atoms with Crippen molar-refractivity contribution >= 4 is 58.9 Å². The van der Waals surface area contributed by atoms with Crippen LogP contribution in [-0.2, 0) is 0 Å². The summed E-state index contributed by atoms with van der Waals surface area (Å²) >= 11 is 0. The molecule has 0 aliphatic carbocycles. The van der Waals surface area contributed by atoms with Crippen molar-refractivity contribution in [3.8, 4) is 0 Å². The molecule has 0 saturated carbocycles. The number of hydrogen-bond acceptors (Lipinski definition) is 8. The van der Waals surface area contributed by atoms with Gasteiger partial charge in [-0.25, -0.2) is 19.2 Å². The third kappa shape index (κ3) is 7.49. The van der Waals surface area contributed by atoms with E-state index in [0.29, 0.717) is 18.6 Å². The third-order valence-electron chi connectivity index (χ3n) is 6.38. The topological polar surface area (TPSA) is 266 Å². The van der Waals surface area contributed by atoms with Crippen LogP contribution in [0.5, 0.6) is 0 Å². The van der Waals surface area contributed by atoms with Crippen molar-refractivity contribution in [3.63, 3.8) is 0 Å². The molecule has 16 nitrogen and oxygen atoms in total. The van der Waals surface area contributed by atoms with E-state index >= 15 is 0 Å². The van der Waals surface area contributed by atoms with E-state index in [9.17, 15) is 58.8 Å². The first-order valence-electron chi connectivity index (χ1n) is 13.2. The minimum Gasteiger partial charge on any atom is -0.478 e. The van der Waals surface area contributed by atoms with Gasteiger partial charge in [0.1, 0.15) is 0 Å². The highest BCUT2D eigenvalue weighted by Crippen LogP contribution is 2.23. The van der Waals surface area contributed by atoms with Gasteiger partial charge < -0.3 is 41.7 Å². The molecular formula is C30H26N4O12. The van der Waals surface area contributed by atoms with Crippen LogP contribution in [0.4, 0.5) is 11.4 Å². The molecular weight excluding hydrogens is 608 g/mol. The number of rotatable bonds is 12. The van der Waals surface area contributed by atoms with Gasteiger partial charge in [-0.3, -0.25) is 19.2 Å². The van der Waals surface area contributed by atoms with E-state index in [4.69, 9.17) is 0 Å². The average molecular weight is 635 g/mol. The molecule has 4 amide bonds. The van der Waals surface area contributed by atoms with Gasteiger partial charge in [-0.2, -0.15) is 0 Å². The van der Waals surface area contributed by atoms with Crippen LogP contribution in [0, 0.1) is 0 Å². The van der Waals surface area contributed by atoms with E-state index in [1.54, 1.807) is 6.92 Å². The Hall–Kier alpha value is -6.58. The summed E-state index contributed by atoms with van der Waals surface area (Å²) in [5.74, 6) is -10.1. The molecule has 238 valence electrons. The van der Waals surface area contributed by atoms with Gasteiger partial charge in [-0.05, 0) is 55.0 Å². The number of carboxylic acid groups (broad SMARTS) is 4. The molecule has 0 atom stereocenters. The lowest BCUT2D eigenvalue weighted by atomic mass is 9.96. The van der Waals surface area contributed by atoms with Crippen LogP contribution in [-0.4, -0.2) is 81.5 Å². The zero-order chi connectivity index (χ0) is 34.3. The maximum Gasteiger partial charge on any atom is 0.336 e. The molecule has 3 aromatic carbocycles. The molecule has 8 N–H and O–H groups in total. The highest BCUT2D eigenvalue weighted by molar-refractivity contribution is 6.16. The lowest BCUT2D eigenvalue weighted by Gasteiger charge is -2.14. The molecule has 3 aromatic rings. The number of anilines is 2. The molecule has 16 heteroatoms. The summed E-state index contributed by atoms with van der Waals surface area (Å²) in [6.45, 7) is 1.96. The molecule has 0 aliphatic rings. The van der Waals surface area contributed by atoms with Crippen LogP contribution in [0.2, 0.25) is 0 Å². The van der Waals surface area contributed by atoms with Gasteiger partial charge >= 0.3 is 23.9 Å². The molecule has 3 rings (SSSR count). The van der Waals surface area contributed by atoms with Crippen LogP contribution in [0.15, 0.2) is 48.5 Å². The van der Waals surface area contributed by atoms with Gasteiger partial charge in [-0.1, -0.05) is 6.92 Å². The standard InChI is InChI=1S/C30H26N4O12/c1-3-8-32-24(36)16-10-18(22(30(45)46)12-20(16)28(41)42)26(38)34-14-6-4-13(5-7-14)33-25(37)17-9-15(23(35)31-2)19(27(39)40)11-21(17)29(43)44/h4-7,9-12H,3,8H2,1-2H3,(H,31,35)(H,32,36)(H,33,37)(H,34,38)(H,39,40)(H,41,42)(H,43,44)(H,45,46). The molecule has 0 fully saturated rings. The van der Waals surface area contributed by atoms with E-state index in [1.165, 1.54) is 31.3 Å². The summed E-state index contributed by atoms with van der Waals surface area (Å²) < 4.78 is 0. The van der Waals surface area contributed by atoms with Crippen LogP contribution < -0.4 is 21.3 Å². The Balaban J connectivity index is 1.91. The maximum atomic E-state index is 13.1. The predicted octanol–water partition coefficient (Wildman–Crippen LogP) is 2.48. The normalized spacial score (nSPS) is 10.3. The summed E-state index contributed by atoms with van der Waals surface area (Å²) in [5, 5.41) is 47.6. The minimum absolute atomic E-state index is 0.0788. The number of amides is 4. The number of aromatic carboxylic acids is 4. The van der Waals surface area contributed by atoms with Crippen molar-refractivity contribution in [3.05, 3.63) is 93.0 Å². The zero-order valence-corrected chi connectivity index (χ0v) is 24.1. The lowest BCUT2D eigenvalue weighted by Crippen LogP contribution is -2.27. The van der Waals surface area contributed by atoms with E-state index in [2.05, 4.69) is 21.3 Å². The summed E-state index contributed by atoms with van der Waals surface area (Å²) in [6.07, 6.45) is 0.528. The molecule has 0 aromatic heterocycles. The first-order chi connectivity index (χ1) is 21.7. The number of benzene rings is 3. The van der Waals surface area contributed by atoms with Crippen LogP contribution >= 0.6 is 0 Å². The zero-order valence-electron chi connectivity index (χ0n) is 24.1. The van der Waals surface area contributed by atoms with Crippen molar-refractivity contribution in [2.45, 2.75) is 13.3 Å². The highest BCUT2D eigenvalue weighted by Gasteiger charge is 2.27. The van der Waals surface area contributed by atoms with Gasteiger partial charge in [0.05, 0.1) is 44.5 Å². The Morgan fingerprint density at radius 2 is 0.804 bits per heavy atom. The minimum atomic E-state index is -1.63. The van der Waals surface area contributed by atoms with Gasteiger partial charge in [-0.15, -0.1) is 0 Å². The van der Waals surface area contributed by atoms with E-state index in [1.807, 2.05) is 0 Å². The van der Waals surface area contributed by atoms with Gasteiger partial charge in [0, 0.05) is 25.0 Å². The number of nitrogens with one attached hydrogen (secondary N) is 4. The lowest BCUT2D eigenvalue weighted by molar-refractivity contribution is 0.0672. The summed E-state index contributed by atoms with van der Waals surface area (Å²) in [6, 6.07) is 8.25. The summed E-state index contributed by atoms with van der Waals surface area (Å²) in [5.41, 5.74) is -4.35. The fraction of sp³-hybridized carbons (Fsp3) is 0.133. The Morgan fingerprint density at radius 3 is 1.11 bits per heavy atom. The Kier molecular flexibility index (Phi) is 10.5. The molecule has 0 spiro atoms. The first-order valence-corrected chi connectivity index (χ1v) is 13.2. The number of hydrogen-bond donors (Lipinski definition) is 8. The first kappa shape index (κ1) is 33.9. The second-order valence-electron chi connectivity index (χ2n) is 9.43. The van der Waals surface area contributed by atoms with E-state index < -0.39 is 92.0 Å². The quantitative estimate of drug-likeness (QED) is 0.143. The van der Waals surface area contributed by atoms with E-state index in [0.717, 1.165) is 12.1 Å². The van der Waals surface area contributed by atoms with Crippen molar-refractivity contribution in [1.29, 1.82) is 0 Å². The monoisotopic (exact) mass is 634 g/mol. The van der Waals surface area contributed by atoms with Gasteiger partial charge in [0.2, 0.25) is 0 Å². The Bertz CT molecular complexity index is 1800. The van der Waals surface area contributed by atoms with Crippen molar-refractivity contribution in [2.24, 2.45) is 0 Å². The summed E-state index contributed by atoms with van der Waals surface area (Å²) in [4.78, 5) is 97.9. The number of carboxylic acids is 4. The van der Waals surface area contributed by atoms with Gasteiger partial charge in [0.25, 0.3) is 23.6 Å². The van der Waals surface area contributed by atoms with Crippen LogP contribution in [0.3, 0.4) is 0 Å². The molecule has 0 heterocycles. The Labute approximate surface area is 259 Å². The maximum absolute atomic E-state index is 13.1.